The van der Waals surface area contributed by atoms with Gasteiger partial charge in [0.25, 0.3) is 0 Å². The summed E-state index contributed by atoms with van der Waals surface area (Å²) in [6, 6.07) is 6.40. The van der Waals surface area contributed by atoms with Crippen molar-refractivity contribution < 1.29 is 13.5 Å². The van der Waals surface area contributed by atoms with Gasteiger partial charge in [0.15, 0.2) is 0 Å². The van der Waals surface area contributed by atoms with Crippen LogP contribution in [-0.2, 0) is 10.0 Å². The zero-order valence-corrected chi connectivity index (χ0v) is 10.9. The van der Waals surface area contributed by atoms with E-state index in [1.165, 1.54) is 6.08 Å². The molecule has 94 valence electrons. The molecule has 1 rings (SSSR count). The first-order valence-electron chi connectivity index (χ1n) is 5.00. The average Bonchev–Trinajstić information content (AvgIpc) is 2.27. The minimum Gasteiger partial charge on any atom is -0.395 e. The maximum absolute atomic E-state index is 11.5. The molecule has 1 aromatic carbocycles. The second-order valence-electron chi connectivity index (χ2n) is 3.57. The Balaban J connectivity index is 2.81. The Morgan fingerprint density at radius 1 is 1.47 bits per heavy atom. The maximum Gasteiger partial charge on any atom is 0.234 e. The quantitative estimate of drug-likeness (QED) is 0.858. The molecule has 1 aromatic rings. The van der Waals surface area contributed by atoms with Crippen molar-refractivity contribution in [2.24, 2.45) is 0 Å². The number of hydrogen-bond donors (Lipinski definition) is 2. The smallest absolute Gasteiger partial charge is 0.234 e. The highest BCUT2D eigenvalue weighted by Crippen LogP contribution is 2.16. The summed E-state index contributed by atoms with van der Waals surface area (Å²) >= 11 is 5.88. The van der Waals surface area contributed by atoms with Crippen LogP contribution in [0.4, 0.5) is 0 Å². The zero-order chi connectivity index (χ0) is 12.9. The van der Waals surface area contributed by atoms with Crippen LogP contribution in [0, 0.1) is 0 Å². The molecule has 0 radical (unpaired) electrons. The lowest BCUT2D eigenvalue weighted by molar-refractivity contribution is 0.265. The monoisotopic (exact) mass is 275 g/mol. The Morgan fingerprint density at radius 3 is 2.71 bits per heavy atom. The molecule has 0 aromatic heterocycles. The zero-order valence-electron chi connectivity index (χ0n) is 9.30. The van der Waals surface area contributed by atoms with Crippen molar-refractivity contribution >= 4 is 27.7 Å². The lowest BCUT2D eigenvalue weighted by Crippen LogP contribution is -2.33. The highest BCUT2D eigenvalue weighted by Gasteiger charge is 2.09. The molecular weight excluding hydrogens is 262 g/mol. The van der Waals surface area contributed by atoms with Crippen LogP contribution in [0.1, 0.15) is 12.5 Å². The highest BCUT2D eigenvalue weighted by molar-refractivity contribution is 7.92. The van der Waals surface area contributed by atoms with Gasteiger partial charge in [-0.2, -0.15) is 0 Å². The standard InChI is InChI=1S/C11H14ClNO3S/c1-9(8-14)13-17(15,16)7-6-10-4-2-3-5-11(10)12/h2-7,9,13-14H,8H2,1H3/b7-6+/t9-/m1/s1. The normalized spacial score (nSPS) is 14.1. The molecule has 0 amide bonds. The van der Waals surface area contributed by atoms with E-state index >= 15 is 0 Å². The fourth-order valence-electron chi connectivity index (χ4n) is 1.13. The predicted octanol–water partition coefficient (Wildman–Crippen LogP) is 1.61. The van der Waals surface area contributed by atoms with Crippen LogP contribution < -0.4 is 4.72 Å². The Kier molecular flexibility index (Phi) is 5.14. The second kappa shape index (κ2) is 6.16. The molecule has 0 aliphatic carbocycles. The van der Waals surface area contributed by atoms with E-state index in [1.807, 2.05) is 0 Å². The summed E-state index contributed by atoms with van der Waals surface area (Å²) < 4.78 is 25.4. The van der Waals surface area contributed by atoms with Crippen molar-refractivity contribution in [2.75, 3.05) is 6.61 Å². The van der Waals surface area contributed by atoms with Crippen molar-refractivity contribution in [3.8, 4) is 0 Å². The summed E-state index contributed by atoms with van der Waals surface area (Å²) in [5.41, 5.74) is 0.621. The number of benzene rings is 1. The van der Waals surface area contributed by atoms with Gasteiger partial charge in [-0.15, -0.1) is 0 Å². The van der Waals surface area contributed by atoms with Gasteiger partial charge in [0.1, 0.15) is 0 Å². The van der Waals surface area contributed by atoms with E-state index in [1.54, 1.807) is 31.2 Å². The Hall–Kier alpha value is -0.880. The third-order valence-corrected chi connectivity index (χ3v) is 3.54. The molecule has 2 N–H and O–H groups in total. The van der Waals surface area contributed by atoms with Gasteiger partial charge in [-0.3, -0.25) is 0 Å². The van der Waals surface area contributed by atoms with Crippen molar-refractivity contribution in [3.05, 3.63) is 40.3 Å². The van der Waals surface area contributed by atoms with E-state index in [0.717, 1.165) is 5.41 Å². The number of aliphatic hydroxyl groups is 1. The van der Waals surface area contributed by atoms with E-state index in [0.29, 0.717) is 10.6 Å². The minimum atomic E-state index is -3.56. The Bertz CT molecular complexity index is 499. The lowest BCUT2D eigenvalue weighted by atomic mass is 10.2. The first-order valence-corrected chi connectivity index (χ1v) is 6.93. The molecule has 0 spiro atoms. The van der Waals surface area contributed by atoms with Crippen molar-refractivity contribution in [2.45, 2.75) is 13.0 Å². The van der Waals surface area contributed by atoms with Crippen LogP contribution in [0.25, 0.3) is 6.08 Å². The number of hydrogen-bond acceptors (Lipinski definition) is 3. The molecule has 0 aliphatic rings. The number of nitrogens with one attached hydrogen (secondary N) is 1. The number of aliphatic hydroxyl groups excluding tert-OH is 1. The number of rotatable bonds is 5. The second-order valence-corrected chi connectivity index (χ2v) is 5.58. The van der Waals surface area contributed by atoms with Gasteiger partial charge in [-0.25, -0.2) is 13.1 Å². The summed E-state index contributed by atoms with van der Waals surface area (Å²) in [4.78, 5) is 0. The van der Waals surface area contributed by atoms with Crippen LogP contribution in [0.15, 0.2) is 29.7 Å². The summed E-state index contributed by atoms with van der Waals surface area (Å²) in [6.07, 6.45) is 1.41. The molecule has 4 nitrogen and oxygen atoms in total. The van der Waals surface area contributed by atoms with E-state index in [2.05, 4.69) is 4.72 Å². The minimum absolute atomic E-state index is 0.251. The molecule has 1 atom stereocenters. The van der Waals surface area contributed by atoms with Crippen LogP contribution in [0.2, 0.25) is 5.02 Å². The van der Waals surface area contributed by atoms with Crippen molar-refractivity contribution in [1.82, 2.24) is 4.72 Å². The van der Waals surface area contributed by atoms with Gasteiger partial charge >= 0.3 is 0 Å². The molecule has 0 fully saturated rings. The largest absolute Gasteiger partial charge is 0.395 e. The van der Waals surface area contributed by atoms with E-state index < -0.39 is 16.1 Å². The van der Waals surface area contributed by atoms with Crippen molar-refractivity contribution in [1.29, 1.82) is 0 Å². The predicted molar refractivity (Wildman–Crippen MR) is 69.1 cm³/mol. The van der Waals surface area contributed by atoms with Gasteiger partial charge in [0.2, 0.25) is 10.0 Å². The number of halogens is 1. The first-order chi connectivity index (χ1) is 7.94. The molecule has 17 heavy (non-hydrogen) atoms. The molecule has 0 unspecified atom stereocenters. The topological polar surface area (TPSA) is 66.4 Å². The molecule has 0 heterocycles. The van der Waals surface area contributed by atoms with Gasteiger partial charge < -0.3 is 5.11 Å². The van der Waals surface area contributed by atoms with Crippen LogP contribution in [0.5, 0.6) is 0 Å². The summed E-state index contributed by atoms with van der Waals surface area (Å²) in [6.45, 7) is 1.32. The number of sulfonamides is 1. The molecule has 0 aliphatic heterocycles. The van der Waals surface area contributed by atoms with Gasteiger partial charge in [-0.05, 0) is 24.6 Å². The fourth-order valence-corrected chi connectivity index (χ4v) is 2.37. The first kappa shape index (κ1) is 14.2. The van der Waals surface area contributed by atoms with Gasteiger partial charge in [-0.1, -0.05) is 29.8 Å². The van der Waals surface area contributed by atoms with Crippen molar-refractivity contribution in [3.63, 3.8) is 0 Å². The lowest BCUT2D eigenvalue weighted by Gasteiger charge is -2.08. The van der Waals surface area contributed by atoms with Gasteiger partial charge in [0.05, 0.1) is 6.61 Å². The molecule has 0 saturated carbocycles. The molecular formula is C11H14ClNO3S. The SMILES string of the molecule is C[C@H](CO)NS(=O)(=O)/C=C/c1ccccc1Cl. The van der Waals surface area contributed by atoms with Crippen LogP contribution in [-0.4, -0.2) is 26.2 Å². The average molecular weight is 276 g/mol. The summed E-state index contributed by atoms with van der Waals surface area (Å²) in [7, 11) is -3.56. The molecule has 6 heteroatoms. The highest BCUT2D eigenvalue weighted by atomic mass is 35.5. The summed E-state index contributed by atoms with van der Waals surface area (Å²) in [5.74, 6) is 0. The molecule has 0 saturated heterocycles. The Morgan fingerprint density at radius 2 is 2.12 bits per heavy atom. The Labute approximate surface area is 106 Å². The summed E-state index contributed by atoms with van der Waals surface area (Å²) in [5, 5.41) is 10.3. The van der Waals surface area contributed by atoms with E-state index in [4.69, 9.17) is 16.7 Å². The third-order valence-electron chi connectivity index (χ3n) is 1.97. The van der Waals surface area contributed by atoms with Crippen LogP contribution >= 0.6 is 11.6 Å². The van der Waals surface area contributed by atoms with E-state index in [9.17, 15) is 8.42 Å². The van der Waals surface area contributed by atoms with E-state index in [-0.39, 0.29) is 6.61 Å². The van der Waals surface area contributed by atoms with Gasteiger partial charge in [0, 0.05) is 16.5 Å². The third kappa shape index (κ3) is 4.87. The molecule has 0 bridgehead atoms. The van der Waals surface area contributed by atoms with Crippen LogP contribution in [0.3, 0.4) is 0 Å². The fraction of sp³-hybridized carbons (Fsp3) is 0.273. The maximum atomic E-state index is 11.5.